The number of aromatic hydroxyl groups is 1. The van der Waals surface area contributed by atoms with E-state index in [9.17, 15) is 10.2 Å². The summed E-state index contributed by atoms with van der Waals surface area (Å²) in [6, 6.07) is 7.41. The van der Waals surface area contributed by atoms with Gasteiger partial charge in [-0.25, -0.2) is 0 Å². The van der Waals surface area contributed by atoms with Crippen molar-refractivity contribution in [3.8, 4) is 5.75 Å². The van der Waals surface area contributed by atoms with Crippen LogP contribution in [0.15, 0.2) is 59.2 Å². The number of hydrogen-bond acceptors (Lipinski definition) is 2. The van der Waals surface area contributed by atoms with Gasteiger partial charge in [0.1, 0.15) is 5.75 Å². The third kappa shape index (κ3) is 2.56. The largest absolute Gasteiger partial charge is 0.508 e. The number of phenols is 1. The van der Waals surface area contributed by atoms with Crippen LogP contribution in [0, 0.1) is 0 Å². The molecule has 1 aliphatic carbocycles. The zero-order valence-corrected chi connectivity index (χ0v) is 12.5. The lowest BCUT2D eigenvalue weighted by Crippen LogP contribution is -2.23. The first kappa shape index (κ1) is 14.6. The number of allylic oxidation sites excluding steroid dienone is 3. The highest BCUT2D eigenvalue weighted by atomic mass is 16.3. The minimum absolute atomic E-state index is 0.302. The molecular formula is C18H22O2. The third-order valence-electron chi connectivity index (χ3n) is 3.96. The second-order valence-corrected chi connectivity index (χ2v) is 6.00. The maximum atomic E-state index is 10.1. The van der Waals surface area contributed by atoms with Crippen LogP contribution in [-0.4, -0.2) is 16.3 Å². The van der Waals surface area contributed by atoms with Gasteiger partial charge in [-0.2, -0.15) is 0 Å². The van der Waals surface area contributed by atoms with E-state index in [0.717, 1.165) is 22.3 Å². The molecule has 0 fully saturated rings. The molecule has 0 saturated carbocycles. The van der Waals surface area contributed by atoms with Crippen LogP contribution >= 0.6 is 0 Å². The molecule has 1 aliphatic rings. The highest BCUT2D eigenvalue weighted by Crippen LogP contribution is 2.39. The Labute approximate surface area is 120 Å². The second-order valence-electron chi connectivity index (χ2n) is 6.00. The molecule has 0 spiro atoms. The molecule has 0 saturated heterocycles. The summed E-state index contributed by atoms with van der Waals surface area (Å²) in [4.78, 5) is 0. The predicted molar refractivity (Wildman–Crippen MR) is 82.7 cm³/mol. The zero-order chi connectivity index (χ0) is 14.9. The van der Waals surface area contributed by atoms with Gasteiger partial charge in [-0.1, -0.05) is 55.8 Å². The number of hydrogen-bond donors (Lipinski definition) is 2. The van der Waals surface area contributed by atoms with Gasteiger partial charge in [-0.05, 0) is 31.1 Å². The number of benzene rings is 1. The Morgan fingerprint density at radius 2 is 1.80 bits per heavy atom. The van der Waals surface area contributed by atoms with E-state index >= 15 is 0 Å². The first-order chi connectivity index (χ1) is 9.34. The Hall–Kier alpha value is -1.80. The zero-order valence-electron chi connectivity index (χ0n) is 12.5. The van der Waals surface area contributed by atoms with E-state index in [-0.39, 0.29) is 5.41 Å². The van der Waals surface area contributed by atoms with Crippen molar-refractivity contribution in [2.45, 2.75) is 39.2 Å². The fourth-order valence-electron chi connectivity index (χ4n) is 2.59. The Morgan fingerprint density at radius 3 is 2.40 bits per heavy atom. The average molecular weight is 270 g/mol. The fraction of sp³-hybridized carbons (Fsp3) is 0.333. The maximum absolute atomic E-state index is 10.1. The van der Waals surface area contributed by atoms with Crippen molar-refractivity contribution < 1.29 is 10.2 Å². The van der Waals surface area contributed by atoms with Crippen molar-refractivity contribution in [2.75, 3.05) is 0 Å². The summed E-state index contributed by atoms with van der Waals surface area (Å²) in [6.45, 7) is 8.16. The van der Waals surface area contributed by atoms with Crippen molar-refractivity contribution in [1.29, 1.82) is 0 Å². The van der Waals surface area contributed by atoms with Gasteiger partial charge in [0.05, 0.1) is 6.10 Å². The fourth-order valence-corrected chi connectivity index (χ4v) is 2.59. The molecule has 2 heteroatoms. The molecule has 20 heavy (non-hydrogen) atoms. The highest BCUT2D eigenvalue weighted by molar-refractivity contribution is 5.52. The summed E-state index contributed by atoms with van der Waals surface area (Å²) >= 11 is 0. The molecule has 2 rings (SSSR count). The van der Waals surface area contributed by atoms with Crippen LogP contribution in [0.25, 0.3) is 0 Å². The third-order valence-corrected chi connectivity index (χ3v) is 3.96. The van der Waals surface area contributed by atoms with Gasteiger partial charge in [0, 0.05) is 11.0 Å². The van der Waals surface area contributed by atoms with Crippen molar-refractivity contribution in [1.82, 2.24) is 0 Å². The number of phenolic OH excluding ortho intramolecular Hbond substituents is 1. The van der Waals surface area contributed by atoms with Gasteiger partial charge >= 0.3 is 0 Å². The van der Waals surface area contributed by atoms with E-state index in [4.69, 9.17) is 0 Å². The summed E-state index contributed by atoms with van der Waals surface area (Å²) in [7, 11) is 0. The van der Waals surface area contributed by atoms with Gasteiger partial charge < -0.3 is 10.2 Å². The lowest BCUT2D eigenvalue weighted by atomic mass is 9.74. The van der Waals surface area contributed by atoms with E-state index < -0.39 is 6.10 Å². The molecule has 0 bridgehead atoms. The number of rotatable bonds is 2. The Morgan fingerprint density at radius 1 is 1.15 bits per heavy atom. The molecule has 1 aromatic carbocycles. The second kappa shape index (κ2) is 5.29. The quantitative estimate of drug-likeness (QED) is 0.856. The van der Waals surface area contributed by atoms with Crippen molar-refractivity contribution in [2.24, 2.45) is 0 Å². The Kier molecular flexibility index (Phi) is 3.87. The summed E-state index contributed by atoms with van der Waals surface area (Å²) in [5.41, 5.74) is 3.70. The lowest BCUT2D eigenvalue weighted by molar-refractivity contribution is 0.260. The van der Waals surface area contributed by atoms with Crippen LogP contribution < -0.4 is 0 Å². The summed E-state index contributed by atoms with van der Waals surface area (Å²) in [5.74, 6) is 0.302. The molecule has 1 atom stereocenters. The van der Waals surface area contributed by atoms with E-state index in [1.807, 2.05) is 44.2 Å². The monoisotopic (exact) mass is 270 g/mol. The van der Waals surface area contributed by atoms with Crippen LogP contribution in [0.2, 0.25) is 0 Å². The Balaban J connectivity index is 2.51. The van der Waals surface area contributed by atoms with Gasteiger partial charge in [-0.15, -0.1) is 0 Å². The van der Waals surface area contributed by atoms with E-state index in [1.165, 1.54) is 0 Å². The van der Waals surface area contributed by atoms with E-state index in [1.54, 1.807) is 12.1 Å². The molecule has 0 radical (unpaired) electrons. The standard InChI is InChI=1S/C18H22O2/c1-12(2)14-11-13(9-10-16(14)19)18(3,4)15-7-5-6-8-17(15)20/h5-11,16,19-20H,1-4H3. The summed E-state index contributed by atoms with van der Waals surface area (Å²) < 4.78 is 0. The molecule has 106 valence electrons. The smallest absolute Gasteiger partial charge is 0.119 e. The molecule has 0 heterocycles. The number of para-hydroxylation sites is 1. The molecule has 2 N–H and O–H groups in total. The number of aliphatic hydroxyl groups is 1. The minimum Gasteiger partial charge on any atom is -0.508 e. The first-order valence-corrected chi connectivity index (χ1v) is 6.88. The number of aliphatic hydroxyl groups excluding tert-OH is 1. The molecule has 2 nitrogen and oxygen atoms in total. The molecule has 0 aliphatic heterocycles. The maximum Gasteiger partial charge on any atom is 0.119 e. The molecule has 0 amide bonds. The summed E-state index contributed by atoms with van der Waals surface area (Å²) in [5, 5.41) is 20.1. The SMILES string of the molecule is CC(C)=C1C=C(C(C)(C)c2ccccc2O)C=CC1O. The topological polar surface area (TPSA) is 40.5 Å². The molecule has 1 aromatic rings. The predicted octanol–water partition coefficient (Wildman–Crippen LogP) is 3.86. The van der Waals surface area contributed by atoms with Crippen molar-refractivity contribution in [3.05, 3.63) is 64.8 Å². The van der Waals surface area contributed by atoms with Gasteiger partial charge in [-0.3, -0.25) is 0 Å². The molecule has 1 unspecified atom stereocenters. The average Bonchev–Trinajstić information content (AvgIpc) is 2.38. The van der Waals surface area contributed by atoms with Gasteiger partial charge in [0.15, 0.2) is 0 Å². The molecular weight excluding hydrogens is 248 g/mol. The molecule has 0 aromatic heterocycles. The van der Waals surface area contributed by atoms with Crippen LogP contribution in [-0.2, 0) is 5.41 Å². The van der Waals surface area contributed by atoms with E-state index in [0.29, 0.717) is 5.75 Å². The van der Waals surface area contributed by atoms with Crippen LogP contribution in [0.4, 0.5) is 0 Å². The summed E-state index contributed by atoms with van der Waals surface area (Å²) in [6.07, 6.45) is 5.25. The van der Waals surface area contributed by atoms with Gasteiger partial charge in [0.25, 0.3) is 0 Å². The normalized spacial score (nSPS) is 18.9. The lowest BCUT2D eigenvalue weighted by Gasteiger charge is -2.30. The minimum atomic E-state index is -0.538. The Bertz CT molecular complexity index is 600. The van der Waals surface area contributed by atoms with Crippen LogP contribution in [0.1, 0.15) is 33.3 Å². The van der Waals surface area contributed by atoms with Gasteiger partial charge in [0.2, 0.25) is 0 Å². The highest BCUT2D eigenvalue weighted by Gasteiger charge is 2.29. The van der Waals surface area contributed by atoms with E-state index in [2.05, 4.69) is 13.8 Å². The first-order valence-electron chi connectivity index (χ1n) is 6.88. The van der Waals surface area contributed by atoms with Crippen LogP contribution in [0.5, 0.6) is 5.75 Å². The van der Waals surface area contributed by atoms with Crippen molar-refractivity contribution in [3.63, 3.8) is 0 Å². The van der Waals surface area contributed by atoms with Crippen molar-refractivity contribution >= 4 is 0 Å². The van der Waals surface area contributed by atoms with Crippen LogP contribution in [0.3, 0.4) is 0 Å².